The van der Waals surface area contributed by atoms with Gasteiger partial charge in [0.25, 0.3) is 17.2 Å². The number of rotatable bonds is 4. The van der Waals surface area contributed by atoms with E-state index in [9.17, 15) is 14.4 Å². The SMILES string of the molecule is Cc1nn(C)c(C)c1C(=O)C(=O)Nc1ccccc1-n1ncc2c(=O)[nH]cnc21. The fraction of sp³-hybridized carbons (Fsp3) is 0.158. The van der Waals surface area contributed by atoms with Gasteiger partial charge in [-0.25, -0.2) is 9.67 Å². The molecule has 0 fully saturated rings. The number of Topliss-reactive ketones (excluding diaryl/α,β-unsaturated/α-hetero) is 1. The number of hydrogen-bond acceptors (Lipinski definition) is 6. The van der Waals surface area contributed by atoms with E-state index in [1.54, 1.807) is 49.8 Å². The summed E-state index contributed by atoms with van der Waals surface area (Å²) in [7, 11) is 1.71. The Labute approximate surface area is 164 Å². The van der Waals surface area contributed by atoms with Gasteiger partial charge in [-0.3, -0.25) is 19.1 Å². The Hall–Kier alpha value is -4.08. The van der Waals surface area contributed by atoms with E-state index < -0.39 is 11.7 Å². The van der Waals surface area contributed by atoms with E-state index in [0.29, 0.717) is 33.8 Å². The fourth-order valence-electron chi connectivity index (χ4n) is 3.19. The molecule has 0 aliphatic carbocycles. The molecule has 0 radical (unpaired) electrons. The lowest BCUT2D eigenvalue weighted by Crippen LogP contribution is -2.24. The predicted molar refractivity (Wildman–Crippen MR) is 105 cm³/mol. The Morgan fingerprint density at radius 3 is 2.66 bits per heavy atom. The minimum Gasteiger partial charge on any atom is -0.317 e. The minimum absolute atomic E-state index is 0.278. The Morgan fingerprint density at radius 2 is 1.93 bits per heavy atom. The molecule has 1 aromatic carbocycles. The van der Waals surface area contributed by atoms with Gasteiger partial charge in [-0.1, -0.05) is 12.1 Å². The number of aryl methyl sites for hydroxylation is 2. The van der Waals surface area contributed by atoms with Gasteiger partial charge < -0.3 is 10.3 Å². The summed E-state index contributed by atoms with van der Waals surface area (Å²) in [6.07, 6.45) is 2.68. The molecule has 10 nitrogen and oxygen atoms in total. The number of fused-ring (bicyclic) bond motifs is 1. The van der Waals surface area contributed by atoms with Crippen molar-refractivity contribution in [1.29, 1.82) is 0 Å². The maximum atomic E-state index is 12.7. The fourth-order valence-corrected chi connectivity index (χ4v) is 3.19. The number of benzene rings is 1. The number of nitrogens with zero attached hydrogens (tertiary/aromatic N) is 5. The zero-order chi connectivity index (χ0) is 20.7. The first-order chi connectivity index (χ1) is 13.9. The molecule has 10 heteroatoms. The van der Waals surface area contributed by atoms with E-state index in [0.717, 1.165) is 0 Å². The van der Waals surface area contributed by atoms with Gasteiger partial charge in [0.05, 0.1) is 35.2 Å². The Kier molecular flexibility index (Phi) is 4.30. The molecule has 0 saturated heterocycles. The molecular formula is C19H17N7O3. The normalized spacial score (nSPS) is 11.0. The summed E-state index contributed by atoms with van der Waals surface area (Å²) in [5.41, 5.74) is 2.22. The van der Waals surface area contributed by atoms with Gasteiger partial charge in [-0.15, -0.1) is 0 Å². The summed E-state index contributed by atoms with van der Waals surface area (Å²) in [6.45, 7) is 3.41. The van der Waals surface area contributed by atoms with Crippen LogP contribution in [-0.4, -0.2) is 41.2 Å². The highest BCUT2D eigenvalue weighted by atomic mass is 16.2. The average Bonchev–Trinajstić information content (AvgIpc) is 3.23. The van der Waals surface area contributed by atoms with Crippen molar-refractivity contribution in [1.82, 2.24) is 29.5 Å². The second-order valence-corrected chi connectivity index (χ2v) is 6.50. The predicted octanol–water partition coefficient (Wildman–Crippen LogP) is 1.28. The van der Waals surface area contributed by atoms with Crippen LogP contribution >= 0.6 is 0 Å². The van der Waals surface area contributed by atoms with Crippen LogP contribution in [0.1, 0.15) is 21.7 Å². The van der Waals surface area contributed by atoms with Crippen LogP contribution in [0.5, 0.6) is 0 Å². The molecule has 1 amide bonds. The smallest absolute Gasteiger partial charge is 0.296 e. The van der Waals surface area contributed by atoms with Gasteiger partial charge in [0.1, 0.15) is 5.39 Å². The molecule has 0 aliphatic rings. The van der Waals surface area contributed by atoms with Crippen molar-refractivity contribution >= 4 is 28.4 Å². The zero-order valence-corrected chi connectivity index (χ0v) is 15.9. The number of H-pyrrole nitrogens is 1. The molecular weight excluding hydrogens is 374 g/mol. The van der Waals surface area contributed by atoms with Gasteiger partial charge in [0, 0.05) is 12.7 Å². The maximum absolute atomic E-state index is 12.7. The van der Waals surface area contributed by atoms with Crippen molar-refractivity contribution in [2.45, 2.75) is 13.8 Å². The van der Waals surface area contributed by atoms with Crippen LogP contribution in [-0.2, 0) is 11.8 Å². The number of aromatic nitrogens is 6. The molecule has 3 heterocycles. The van der Waals surface area contributed by atoms with Crippen molar-refractivity contribution in [2.24, 2.45) is 7.05 Å². The summed E-state index contributed by atoms with van der Waals surface area (Å²) in [5, 5.41) is 11.3. The molecule has 0 spiro atoms. The summed E-state index contributed by atoms with van der Waals surface area (Å²) in [5.74, 6) is -1.47. The lowest BCUT2D eigenvalue weighted by molar-refractivity contribution is -0.112. The Morgan fingerprint density at radius 1 is 1.17 bits per heavy atom. The van der Waals surface area contributed by atoms with Crippen LogP contribution < -0.4 is 10.9 Å². The molecule has 0 aliphatic heterocycles. The van der Waals surface area contributed by atoms with E-state index in [-0.39, 0.29) is 11.1 Å². The highest BCUT2D eigenvalue weighted by Crippen LogP contribution is 2.23. The molecule has 29 heavy (non-hydrogen) atoms. The largest absolute Gasteiger partial charge is 0.317 e. The molecule has 0 saturated carbocycles. The Bertz CT molecular complexity index is 1330. The second-order valence-electron chi connectivity index (χ2n) is 6.50. The number of ketones is 1. The molecule has 4 aromatic rings. The quantitative estimate of drug-likeness (QED) is 0.398. The third-order valence-electron chi connectivity index (χ3n) is 4.69. The van der Waals surface area contributed by atoms with E-state index in [1.807, 2.05) is 0 Å². The topological polar surface area (TPSA) is 128 Å². The first-order valence-electron chi connectivity index (χ1n) is 8.75. The van der Waals surface area contributed by atoms with Crippen molar-refractivity contribution in [2.75, 3.05) is 5.32 Å². The van der Waals surface area contributed by atoms with Crippen molar-refractivity contribution in [3.8, 4) is 5.69 Å². The molecule has 3 aromatic heterocycles. The van der Waals surface area contributed by atoms with Crippen molar-refractivity contribution in [3.63, 3.8) is 0 Å². The highest BCUT2D eigenvalue weighted by Gasteiger charge is 2.25. The summed E-state index contributed by atoms with van der Waals surface area (Å²) in [6, 6.07) is 6.82. The lowest BCUT2D eigenvalue weighted by atomic mass is 10.1. The molecule has 2 N–H and O–H groups in total. The average molecular weight is 391 g/mol. The third kappa shape index (κ3) is 3.00. The first-order valence-corrected chi connectivity index (χ1v) is 8.75. The van der Waals surface area contributed by atoms with Crippen LogP contribution in [0.2, 0.25) is 0 Å². The van der Waals surface area contributed by atoms with E-state index in [2.05, 4.69) is 25.5 Å². The number of carbonyl (C=O) groups is 2. The van der Waals surface area contributed by atoms with E-state index >= 15 is 0 Å². The van der Waals surface area contributed by atoms with E-state index in [1.165, 1.54) is 17.2 Å². The van der Waals surface area contributed by atoms with Crippen LogP contribution in [0.4, 0.5) is 5.69 Å². The Balaban J connectivity index is 1.72. The number of aromatic amines is 1. The molecule has 0 atom stereocenters. The summed E-state index contributed by atoms with van der Waals surface area (Å²) >= 11 is 0. The maximum Gasteiger partial charge on any atom is 0.296 e. The summed E-state index contributed by atoms with van der Waals surface area (Å²) < 4.78 is 2.99. The van der Waals surface area contributed by atoms with Gasteiger partial charge >= 0.3 is 0 Å². The molecule has 4 rings (SSSR count). The van der Waals surface area contributed by atoms with Crippen molar-refractivity contribution in [3.05, 3.63) is 64.1 Å². The van der Waals surface area contributed by atoms with Crippen molar-refractivity contribution < 1.29 is 9.59 Å². The monoisotopic (exact) mass is 391 g/mol. The number of hydrogen-bond donors (Lipinski definition) is 2. The van der Waals surface area contributed by atoms with Crippen LogP contribution in [0, 0.1) is 13.8 Å². The molecule has 146 valence electrons. The van der Waals surface area contributed by atoms with Crippen LogP contribution in [0.25, 0.3) is 16.7 Å². The summed E-state index contributed by atoms with van der Waals surface area (Å²) in [4.78, 5) is 44.0. The molecule has 0 unspecified atom stereocenters. The second kappa shape index (κ2) is 6.82. The zero-order valence-electron chi connectivity index (χ0n) is 15.9. The number of carbonyl (C=O) groups excluding carboxylic acids is 2. The number of para-hydroxylation sites is 2. The van der Waals surface area contributed by atoms with Gasteiger partial charge in [-0.05, 0) is 26.0 Å². The standard InChI is InChI=1S/C19H17N7O3/c1-10-15(11(2)25(3)24-10)16(27)19(29)23-13-6-4-5-7-14(13)26-17-12(8-22-26)18(28)21-9-20-17/h4-9H,1-3H3,(H,23,29)(H,20,21,28). The number of anilines is 1. The lowest BCUT2D eigenvalue weighted by Gasteiger charge is -2.11. The number of amides is 1. The van der Waals surface area contributed by atoms with Gasteiger partial charge in [0.2, 0.25) is 0 Å². The third-order valence-corrected chi connectivity index (χ3v) is 4.69. The minimum atomic E-state index is -0.793. The highest BCUT2D eigenvalue weighted by molar-refractivity contribution is 6.47. The van der Waals surface area contributed by atoms with Gasteiger partial charge in [-0.2, -0.15) is 10.2 Å². The van der Waals surface area contributed by atoms with Gasteiger partial charge in [0.15, 0.2) is 5.65 Å². The number of nitrogens with one attached hydrogen (secondary N) is 2. The van der Waals surface area contributed by atoms with Crippen LogP contribution in [0.3, 0.4) is 0 Å². The first kappa shape index (κ1) is 18.3. The van der Waals surface area contributed by atoms with Crippen LogP contribution in [0.15, 0.2) is 41.6 Å². The molecule has 0 bridgehead atoms. The van der Waals surface area contributed by atoms with E-state index in [4.69, 9.17) is 0 Å².